The monoisotopic (exact) mass is 381 g/mol. The number of amides is 1. The van der Waals surface area contributed by atoms with Crippen LogP contribution in [0.25, 0.3) is 0 Å². The largest absolute Gasteiger partial charge is 0.496 e. The predicted octanol–water partition coefficient (Wildman–Crippen LogP) is 3.00. The van der Waals surface area contributed by atoms with E-state index in [4.69, 9.17) is 9.57 Å². The third-order valence-corrected chi connectivity index (χ3v) is 5.02. The van der Waals surface area contributed by atoms with E-state index in [0.717, 1.165) is 11.1 Å². The van der Waals surface area contributed by atoms with Gasteiger partial charge in [0, 0.05) is 18.5 Å². The molecule has 0 aromatic heterocycles. The minimum atomic E-state index is -1.04. The van der Waals surface area contributed by atoms with Crippen molar-refractivity contribution in [3.05, 3.63) is 65.7 Å². The summed E-state index contributed by atoms with van der Waals surface area (Å²) in [6.45, 7) is 2.25. The lowest BCUT2D eigenvalue weighted by Crippen LogP contribution is -2.47. The summed E-state index contributed by atoms with van der Waals surface area (Å²) in [5, 5.41) is 7.21. The summed E-state index contributed by atoms with van der Waals surface area (Å²) in [5.41, 5.74) is 1.67. The highest BCUT2D eigenvalue weighted by atomic mass is 16.7. The van der Waals surface area contributed by atoms with E-state index in [1.165, 1.54) is 0 Å². The predicted molar refractivity (Wildman–Crippen MR) is 110 cm³/mol. The maximum atomic E-state index is 12.9. The second-order valence-electron chi connectivity index (χ2n) is 7.34. The van der Waals surface area contributed by atoms with Gasteiger partial charge in [0.2, 0.25) is 5.60 Å². The van der Waals surface area contributed by atoms with E-state index in [1.54, 1.807) is 14.0 Å². The molecule has 6 nitrogen and oxygen atoms in total. The first-order valence-corrected chi connectivity index (χ1v) is 9.33. The van der Waals surface area contributed by atoms with Crippen LogP contribution in [-0.2, 0) is 9.63 Å². The number of para-hydroxylation sites is 1. The molecule has 1 aliphatic rings. The number of likely N-dealkylation sites (N-methyl/N-ethyl adjacent to an activating group) is 1. The number of rotatable bonds is 7. The fourth-order valence-corrected chi connectivity index (χ4v) is 3.34. The molecule has 148 valence electrons. The summed E-state index contributed by atoms with van der Waals surface area (Å²) in [6.07, 6.45) is 0.386. The van der Waals surface area contributed by atoms with Crippen LogP contribution in [0.15, 0.2) is 59.8 Å². The summed E-state index contributed by atoms with van der Waals surface area (Å²) in [6, 6.07) is 17.8. The highest BCUT2D eigenvalue weighted by Gasteiger charge is 2.42. The average molecular weight is 381 g/mol. The van der Waals surface area contributed by atoms with Crippen molar-refractivity contribution in [3.8, 4) is 5.75 Å². The van der Waals surface area contributed by atoms with Gasteiger partial charge in [-0.1, -0.05) is 47.6 Å². The number of nitrogens with one attached hydrogen (secondary N) is 1. The summed E-state index contributed by atoms with van der Waals surface area (Å²) in [4.78, 5) is 20.6. The maximum absolute atomic E-state index is 12.9. The topological polar surface area (TPSA) is 63.2 Å². The van der Waals surface area contributed by atoms with Gasteiger partial charge in [-0.3, -0.25) is 4.79 Å². The van der Waals surface area contributed by atoms with Crippen LogP contribution in [0.1, 0.15) is 30.5 Å². The number of hydrogen-bond donors (Lipinski definition) is 1. The van der Waals surface area contributed by atoms with Gasteiger partial charge in [0.05, 0.1) is 18.9 Å². The zero-order valence-electron chi connectivity index (χ0n) is 16.8. The van der Waals surface area contributed by atoms with Crippen LogP contribution in [0, 0.1) is 0 Å². The first kappa shape index (κ1) is 19.9. The van der Waals surface area contributed by atoms with Crippen LogP contribution in [0.4, 0.5) is 0 Å². The summed E-state index contributed by atoms with van der Waals surface area (Å²) < 4.78 is 5.40. The second kappa shape index (κ2) is 8.44. The third-order valence-electron chi connectivity index (χ3n) is 5.02. The molecule has 3 rings (SSSR count). The number of oxime groups is 1. The summed E-state index contributed by atoms with van der Waals surface area (Å²) >= 11 is 0. The zero-order chi connectivity index (χ0) is 20.1. The molecule has 0 fully saturated rings. The minimum absolute atomic E-state index is 0.0739. The Morgan fingerprint density at radius 3 is 2.57 bits per heavy atom. The molecular weight excluding hydrogens is 354 g/mol. The molecule has 1 aliphatic heterocycles. The Kier molecular flexibility index (Phi) is 5.99. The molecule has 0 saturated heterocycles. The SMILES string of the molecule is COc1ccccc1C1=NO[C@](C)(C(=O)NC[C@@H](c2ccccc2)N(C)C)C1. The van der Waals surface area contributed by atoms with Crippen molar-refractivity contribution in [1.29, 1.82) is 0 Å². The van der Waals surface area contributed by atoms with Crippen molar-refractivity contribution < 1.29 is 14.4 Å². The highest BCUT2D eigenvalue weighted by Crippen LogP contribution is 2.30. The van der Waals surface area contributed by atoms with E-state index < -0.39 is 5.60 Å². The van der Waals surface area contributed by atoms with Crippen molar-refractivity contribution in [3.63, 3.8) is 0 Å². The molecule has 28 heavy (non-hydrogen) atoms. The molecule has 0 spiro atoms. The number of carbonyl (C=O) groups is 1. The van der Waals surface area contributed by atoms with Crippen molar-refractivity contribution >= 4 is 11.6 Å². The smallest absolute Gasteiger partial charge is 0.267 e. The molecule has 0 radical (unpaired) electrons. The van der Waals surface area contributed by atoms with E-state index in [2.05, 4.69) is 27.5 Å². The second-order valence-corrected chi connectivity index (χ2v) is 7.34. The molecule has 0 bridgehead atoms. The molecule has 0 saturated carbocycles. The van der Waals surface area contributed by atoms with Gasteiger partial charge in [-0.05, 0) is 38.7 Å². The van der Waals surface area contributed by atoms with Gasteiger partial charge in [0.15, 0.2) is 0 Å². The first-order chi connectivity index (χ1) is 13.4. The van der Waals surface area contributed by atoms with E-state index in [1.807, 2.05) is 56.6 Å². The summed E-state index contributed by atoms with van der Waals surface area (Å²) in [7, 11) is 5.62. The third kappa shape index (κ3) is 4.17. The Morgan fingerprint density at radius 2 is 1.89 bits per heavy atom. The standard InChI is InChI=1S/C22H27N3O3/c1-22(14-18(24-28-22)17-12-8-9-13-20(17)27-4)21(26)23-15-19(25(2)3)16-10-6-5-7-11-16/h5-13,19H,14-15H2,1-4H3,(H,23,26)/t19-,22-/m0/s1. The van der Waals surface area contributed by atoms with Crippen molar-refractivity contribution in [1.82, 2.24) is 10.2 Å². The van der Waals surface area contributed by atoms with E-state index in [-0.39, 0.29) is 11.9 Å². The van der Waals surface area contributed by atoms with Gasteiger partial charge < -0.3 is 19.8 Å². The Balaban J connectivity index is 1.66. The number of nitrogens with zero attached hydrogens (tertiary/aromatic N) is 2. The fourth-order valence-electron chi connectivity index (χ4n) is 3.34. The molecule has 0 aliphatic carbocycles. The van der Waals surface area contributed by atoms with E-state index in [0.29, 0.717) is 24.4 Å². The normalized spacial score (nSPS) is 19.7. The summed E-state index contributed by atoms with van der Waals surface area (Å²) in [5.74, 6) is 0.537. The van der Waals surface area contributed by atoms with Crippen LogP contribution >= 0.6 is 0 Å². The van der Waals surface area contributed by atoms with Crippen LogP contribution < -0.4 is 10.1 Å². The lowest BCUT2D eigenvalue weighted by atomic mass is 9.94. The molecule has 1 amide bonds. The number of methoxy groups -OCH3 is 1. The van der Waals surface area contributed by atoms with Crippen molar-refractivity contribution in [2.45, 2.75) is 25.0 Å². The van der Waals surface area contributed by atoms with E-state index >= 15 is 0 Å². The van der Waals surface area contributed by atoms with Gasteiger partial charge in [-0.2, -0.15) is 0 Å². The Morgan fingerprint density at radius 1 is 1.21 bits per heavy atom. The molecule has 0 unspecified atom stereocenters. The molecular formula is C22H27N3O3. The zero-order valence-corrected chi connectivity index (χ0v) is 16.8. The van der Waals surface area contributed by atoms with Gasteiger partial charge in [0.25, 0.3) is 5.91 Å². The molecule has 2 aromatic carbocycles. The van der Waals surface area contributed by atoms with Gasteiger partial charge >= 0.3 is 0 Å². The lowest BCUT2D eigenvalue weighted by Gasteiger charge is -2.27. The Hall–Kier alpha value is -2.86. The quantitative estimate of drug-likeness (QED) is 0.801. The van der Waals surface area contributed by atoms with Crippen LogP contribution in [0.5, 0.6) is 5.75 Å². The molecule has 1 heterocycles. The van der Waals surface area contributed by atoms with Gasteiger partial charge in [-0.15, -0.1) is 0 Å². The number of ether oxygens (including phenoxy) is 1. The molecule has 2 atom stereocenters. The lowest BCUT2D eigenvalue weighted by molar-refractivity contribution is -0.141. The number of carbonyl (C=O) groups excluding carboxylic acids is 1. The Labute approximate surface area is 166 Å². The Bertz CT molecular complexity index is 851. The van der Waals surface area contributed by atoms with Crippen LogP contribution in [0.3, 0.4) is 0 Å². The molecule has 2 aromatic rings. The number of benzene rings is 2. The molecule has 1 N–H and O–H groups in total. The van der Waals surface area contributed by atoms with Crippen LogP contribution in [0.2, 0.25) is 0 Å². The highest BCUT2D eigenvalue weighted by molar-refractivity contribution is 6.07. The maximum Gasteiger partial charge on any atom is 0.267 e. The first-order valence-electron chi connectivity index (χ1n) is 9.33. The van der Waals surface area contributed by atoms with Crippen molar-refractivity contribution in [2.75, 3.05) is 27.7 Å². The minimum Gasteiger partial charge on any atom is -0.496 e. The number of hydrogen-bond acceptors (Lipinski definition) is 5. The molecule has 6 heteroatoms. The van der Waals surface area contributed by atoms with E-state index in [9.17, 15) is 4.79 Å². The van der Waals surface area contributed by atoms with Gasteiger partial charge in [0.1, 0.15) is 5.75 Å². The van der Waals surface area contributed by atoms with Gasteiger partial charge in [-0.25, -0.2) is 0 Å². The van der Waals surface area contributed by atoms with Crippen molar-refractivity contribution in [2.24, 2.45) is 5.16 Å². The average Bonchev–Trinajstić information content (AvgIpc) is 3.12. The van der Waals surface area contributed by atoms with Crippen LogP contribution in [-0.4, -0.2) is 49.9 Å². The fraction of sp³-hybridized carbons (Fsp3) is 0.364.